The average Bonchev–Trinajstić information content (AvgIpc) is 3.34. The predicted octanol–water partition coefficient (Wildman–Crippen LogP) is 7.75. The van der Waals surface area contributed by atoms with E-state index >= 15 is 4.39 Å². The second kappa shape index (κ2) is 13.5. The Morgan fingerprint density at radius 3 is 2.23 bits per heavy atom. The molecule has 3 aromatic heterocycles. The molecule has 238 valence electrons. The smallest absolute Gasteiger partial charge is 0.232 e. The van der Waals surface area contributed by atoms with Gasteiger partial charge >= 0.3 is 0 Å². The molecular weight excluding hydrogens is 599 g/mol. The largest absolute Gasteiger partial charge is 0.384 e. The molecule has 0 amide bonds. The summed E-state index contributed by atoms with van der Waals surface area (Å²) in [7, 11) is -5.87. The zero-order valence-corrected chi connectivity index (χ0v) is 28.4. The van der Waals surface area contributed by atoms with Crippen LogP contribution < -0.4 is 4.72 Å². The average molecular weight is 643 g/mol. The molecule has 1 aromatic carbocycles. The van der Waals surface area contributed by atoms with Crippen LogP contribution >= 0.6 is 0 Å². The van der Waals surface area contributed by atoms with E-state index in [1.54, 1.807) is 31.5 Å². The van der Waals surface area contributed by atoms with Crippen LogP contribution in [0.2, 0.25) is 16.6 Å². The Balaban J connectivity index is 1.60. The van der Waals surface area contributed by atoms with Crippen molar-refractivity contribution < 1.29 is 22.3 Å². The Labute approximate surface area is 260 Å². The number of aryl methyl sites for hydroxylation is 1. The molecule has 2 N–H and O–H groups in total. The summed E-state index contributed by atoms with van der Waals surface area (Å²) < 4.78 is 58.5. The van der Waals surface area contributed by atoms with Gasteiger partial charge in [-0.25, -0.2) is 22.2 Å². The van der Waals surface area contributed by atoms with Gasteiger partial charge in [0.05, 0.1) is 11.4 Å². The van der Waals surface area contributed by atoms with E-state index in [1.807, 2.05) is 12.1 Å². The van der Waals surface area contributed by atoms with Crippen molar-refractivity contribution in [2.45, 2.75) is 90.5 Å². The fourth-order valence-corrected chi connectivity index (χ4v) is 14.7. The molecular formula is C33H44F2N4O3SSi. The SMILES string of the molecule is CCCS(=O)(=O)Nc1ccc(F)c(CCc2ccc(C(O)c3cn([Si](C(C)C)(C(C)C)C(C)C)c4ncccc34)cn2)c1F. The number of benzene rings is 1. The van der Waals surface area contributed by atoms with Crippen molar-refractivity contribution >= 4 is 35.0 Å². The van der Waals surface area contributed by atoms with Gasteiger partial charge in [0.2, 0.25) is 10.0 Å². The van der Waals surface area contributed by atoms with Gasteiger partial charge in [-0.05, 0) is 66.2 Å². The van der Waals surface area contributed by atoms with Crippen LogP contribution in [0.3, 0.4) is 0 Å². The highest BCUT2D eigenvalue weighted by Gasteiger charge is 2.46. The molecule has 0 saturated carbocycles. The third-order valence-corrected chi connectivity index (χ3v) is 17.0. The van der Waals surface area contributed by atoms with E-state index in [1.165, 1.54) is 0 Å². The van der Waals surface area contributed by atoms with Gasteiger partial charge in [0.1, 0.15) is 17.6 Å². The maximum atomic E-state index is 15.1. The summed E-state index contributed by atoms with van der Waals surface area (Å²) >= 11 is 0. The number of hydrogen-bond donors (Lipinski definition) is 2. The van der Waals surface area contributed by atoms with Crippen LogP contribution in [0.15, 0.2) is 55.0 Å². The first kappa shape index (κ1) is 33.7. The van der Waals surface area contributed by atoms with Crippen LogP contribution in [0.5, 0.6) is 0 Å². The number of halogens is 2. The Kier molecular flexibility index (Phi) is 10.3. The van der Waals surface area contributed by atoms with Crippen molar-refractivity contribution in [1.82, 2.24) is 14.2 Å². The van der Waals surface area contributed by atoms with E-state index in [-0.39, 0.29) is 29.8 Å². The molecule has 4 rings (SSSR count). The van der Waals surface area contributed by atoms with Crippen molar-refractivity contribution in [1.29, 1.82) is 0 Å². The maximum absolute atomic E-state index is 15.1. The van der Waals surface area contributed by atoms with Gasteiger partial charge in [0.15, 0.2) is 14.1 Å². The van der Waals surface area contributed by atoms with Crippen molar-refractivity contribution in [2.75, 3.05) is 10.5 Å². The minimum atomic E-state index is -3.73. The molecule has 0 aliphatic carbocycles. The Morgan fingerprint density at radius 1 is 0.955 bits per heavy atom. The zero-order chi connectivity index (χ0) is 32.4. The van der Waals surface area contributed by atoms with E-state index in [0.717, 1.165) is 28.7 Å². The van der Waals surface area contributed by atoms with Crippen molar-refractivity contribution in [3.8, 4) is 0 Å². The second-order valence-corrected chi connectivity index (χ2v) is 20.0. The first-order valence-electron chi connectivity index (χ1n) is 15.3. The number of aromatic nitrogens is 3. The topological polar surface area (TPSA) is 97.1 Å². The highest BCUT2D eigenvalue weighted by Crippen LogP contribution is 2.45. The minimum absolute atomic E-state index is 0.0125. The number of anilines is 1. The van der Waals surface area contributed by atoms with Gasteiger partial charge in [0.25, 0.3) is 0 Å². The molecule has 4 aromatic rings. The molecule has 0 fully saturated rings. The molecule has 0 radical (unpaired) electrons. The fourth-order valence-electron chi connectivity index (χ4n) is 7.00. The summed E-state index contributed by atoms with van der Waals surface area (Å²) in [6.45, 7) is 15.4. The number of aliphatic hydroxyl groups is 1. The number of nitrogens with one attached hydrogen (secondary N) is 1. The first-order valence-corrected chi connectivity index (χ1v) is 19.1. The van der Waals surface area contributed by atoms with E-state index in [2.05, 4.69) is 61.7 Å². The third-order valence-electron chi connectivity index (χ3n) is 8.80. The second-order valence-electron chi connectivity index (χ2n) is 12.5. The van der Waals surface area contributed by atoms with Crippen LogP contribution in [0.25, 0.3) is 11.0 Å². The maximum Gasteiger partial charge on any atom is 0.232 e. The van der Waals surface area contributed by atoms with E-state index in [4.69, 9.17) is 4.98 Å². The molecule has 3 heterocycles. The quantitative estimate of drug-likeness (QED) is 0.145. The lowest BCUT2D eigenvalue weighted by molar-refractivity contribution is 0.221. The highest BCUT2D eigenvalue weighted by molar-refractivity contribution is 7.92. The number of sulfonamides is 1. The van der Waals surface area contributed by atoms with Gasteiger partial charge in [-0.15, -0.1) is 0 Å². The van der Waals surface area contributed by atoms with Gasteiger partial charge in [-0.2, -0.15) is 0 Å². The molecule has 0 aliphatic heterocycles. The minimum Gasteiger partial charge on any atom is -0.384 e. The normalized spacial score (nSPS) is 13.4. The van der Waals surface area contributed by atoms with Crippen LogP contribution in [0.1, 0.15) is 83.4 Å². The summed E-state index contributed by atoms with van der Waals surface area (Å²) in [4.78, 5) is 9.28. The number of pyridine rings is 2. The summed E-state index contributed by atoms with van der Waals surface area (Å²) in [6.07, 6.45) is 5.13. The van der Waals surface area contributed by atoms with E-state index in [9.17, 15) is 17.9 Å². The molecule has 11 heteroatoms. The summed E-state index contributed by atoms with van der Waals surface area (Å²) in [5.41, 5.74) is 3.70. The number of hydrogen-bond acceptors (Lipinski definition) is 5. The van der Waals surface area contributed by atoms with Crippen molar-refractivity contribution in [3.05, 3.63) is 89.0 Å². The number of rotatable bonds is 13. The zero-order valence-electron chi connectivity index (χ0n) is 26.6. The van der Waals surface area contributed by atoms with Gasteiger partial charge in [0, 0.05) is 46.4 Å². The van der Waals surface area contributed by atoms with Crippen LogP contribution in [-0.2, 0) is 22.9 Å². The summed E-state index contributed by atoms with van der Waals surface area (Å²) in [5.74, 6) is -1.83. The van der Waals surface area contributed by atoms with Gasteiger partial charge < -0.3 is 9.34 Å². The molecule has 0 saturated heterocycles. The number of nitrogens with zero attached hydrogens (tertiary/aromatic N) is 3. The summed E-state index contributed by atoms with van der Waals surface area (Å²) in [5, 5.41) is 12.5. The highest BCUT2D eigenvalue weighted by atomic mass is 32.2. The van der Waals surface area contributed by atoms with Gasteiger partial charge in [-0.3, -0.25) is 9.71 Å². The molecule has 7 nitrogen and oxygen atoms in total. The number of aliphatic hydroxyl groups excluding tert-OH is 1. The van der Waals surface area contributed by atoms with Gasteiger partial charge in [-0.1, -0.05) is 54.5 Å². The lowest BCUT2D eigenvalue weighted by Gasteiger charge is -2.44. The van der Waals surface area contributed by atoms with E-state index < -0.39 is 36.0 Å². The Bertz CT molecular complexity index is 1680. The fraction of sp³-hybridized carbons (Fsp3) is 0.455. The van der Waals surface area contributed by atoms with Crippen molar-refractivity contribution in [3.63, 3.8) is 0 Å². The standard InChI is InChI=1S/C33H44F2N4O3SSi/c1-8-18-43(41,42)38-30-16-15-29(34)27(31(30)35)14-13-25-12-11-24(19-37-25)32(40)28-20-39(33-26(28)10-9-17-36-33)44(21(2)3,22(4)5)23(6)7/h9-12,15-17,19-23,32,38,40H,8,13-14,18H2,1-7H3. The predicted molar refractivity (Wildman–Crippen MR) is 176 cm³/mol. The van der Waals surface area contributed by atoms with Crippen LogP contribution in [-0.4, -0.2) is 41.7 Å². The Hall–Kier alpha value is -3.15. The molecule has 0 spiro atoms. The molecule has 44 heavy (non-hydrogen) atoms. The summed E-state index contributed by atoms with van der Waals surface area (Å²) in [6, 6.07) is 9.57. The third kappa shape index (κ3) is 6.45. The molecule has 0 bridgehead atoms. The molecule has 1 unspecified atom stereocenters. The monoisotopic (exact) mass is 642 g/mol. The lowest BCUT2D eigenvalue weighted by Crippen LogP contribution is -2.51. The number of fused-ring (bicyclic) bond motifs is 1. The van der Waals surface area contributed by atoms with Crippen LogP contribution in [0.4, 0.5) is 14.5 Å². The van der Waals surface area contributed by atoms with E-state index in [0.29, 0.717) is 34.3 Å². The molecule has 1 atom stereocenters. The van der Waals surface area contributed by atoms with Crippen LogP contribution in [0, 0.1) is 11.6 Å². The lowest BCUT2D eigenvalue weighted by atomic mass is 10.0. The Morgan fingerprint density at radius 2 is 1.64 bits per heavy atom. The van der Waals surface area contributed by atoms with Crippen molar-refractivity contribution in [2.24, 2.45) is 0 Å². The first-order chi connectivity index (χ1) is 20.7. The molecule has 0 aliphatic rings.